The van der Waals surface area contributed by atoms with Gasteiger partial charge in [-0.15, -0.1) is 0 Å². The Hall–Kier alpha value is -1.89. The van der Waals surface area contributed by atoms with Gasteiger partial charge in [-0.3, -0.25) is 4.79 Å². The van der Waals surface area contributed by atoms with E-state index in [1.54, 1.807) is 0 Å². The van der Waals surface area contributed by atoms with E-state index in [2.05, 4.69) is 11.4 Å². The van der Waals surface area contributed by atoms with Crippen LogP contribution in [0.15, 0.2) is 47.4 Å². The molecule has 5 nitrogen and oxygen atoms in total. The number of hydrogen-bond acceptors (Lipinski definition) is 3. The number of aryl methyl sites for hydroxylation is 2. The molecule has 0 aliphatic heterocycles. The van der Waals surface area contributed by atoms with Gasteiger partial charge < -0.3 is 5.32 Å². The van der Waals surface area contributed by atoms with Crippen molar-refractivity contribution in [3.63, 3.8) is 0 Å². The summed E-state index contributed by atoms with van der Waals surface area (Å²) >= 11 is 5.81. The highest BCUT2D eigenvalue weighted by molar-refractivity contribution is 7.89. The number of sulfonamides is 1. The molecule has 0 radical (unpaired) electrons. The quantitative estimate of drug-likeness (QED) is 0.756. The van der Waals surface area contributed by atoms with Crippen LogP contribution in [0.3, 0.4) is 0 Å². The van der Waals surface area contributed by atoms with Crippen LogP contribution in [0.2, 0.25) is 5.02 Å². The highest BCUT2D eigenvalue weighted by Crippen LogP contribution is 2.21. The van der Waals surface area contributed by atoms with E-state index in [0.717, 1.165) is 15.4 Å². The maximum atomic E-state index is 12.6. The second-order valence-electron chi connectivity index (χ2n) is 6.59. The number of halogens is 1. The normalized spacial score (nSPS) is 12.8. The van der Waals surface area contributed by atoms with Crippen LogP contribution in [-0.2, 0) is 14.8 Å². The van der Waals surface area contributed by atoms with Gasteiger partial charge in [-0.05, 0) is 61.2 Å². The van der Waals surface area contributed by atoms with Gasteiger partial charge in [0.05, 0.1) is 17.5 Å². The van der Waals surface area contributed by atoms with Crippen LogP contribution in [0, 0.1) is 13.8 Å². The first-order chi connectivity index (χ1) is 12.6. The molecule has 2 rings (SSSR count). The average molecular weight is 409 g/mol. The fourth-order valence-corrected chi connectivity index (χ4v) is 3.97. The smallest absolute Gasteiger partial charge is 0.243 e. The molecule has 1 atom stereocenters. The number of benzene rings is 2. The zero-order chi connectivity index (χ0) is 20.2. The van der Waals surface area contributed by atoms with Gasteiger partial charge in [0.15, 0.2) is 0 Å². The number of carbonyl (C=O) groups excluding carboxylic acids is 1. The van der Waals surface area contributed by atoms with Crippen LogP contribution in [0.25, 0.3) is 0 Å². The number of likely N-dealkylation sites (N-methyl/N-ethyl adjacent to an activating group) is 1. The van der Waals surface area contributed by atoms with Gasteiger partial charge in [0.2, 0.25) is 15.9 Å². The van der Waals surface area contributed by atoms with Crippen LogP contribution in [0.1, 0.15) is 36.1 Å². The molecule has 1 amide bonds. The lowest BCUT2D eigenvalue weighted by molar-refractivity contribution is -0.121. The molecule has 0 saturated heterocycles. The highest BCUT2D eigenvalue weighted by Gasteiger charge is 2.24. The second kappa shape index (κ2) is 8.87. The van der Waals surface area contributed by atoms with Gasteiger partial charge in [0, 0.05) is 12.1 Å². The Kier molecular flexibility index (Phi) is 7.03. The molecule has 2 aromatic rings. The van der Waals surface area contributed by atoms with E-state index in [1.165, 1.54) is 36.9 Å². The average Bonchev–Trinajstić information content (AvgIpc) is 2.62. The lowest BCUT2D eigenvalue weighted by Crippen LogP contribution is -2.39. The summed E-state index contributed by atoms with van der Waals surface area (Å²) in [7, 11) is -2.37. The van der Waals surface area contributed by atoms with Gasteiger partial charge in [0.25, 0.3) is 0 Å². The maximum Gasteiger partial charge on any atom is 0.243 e. The van der Waals surface area contributed by atoms with Crippen LogP contribution >= 0.6 is 11.6 Å². The standard InChI is InChI=1S/C20H25ClN2O3S/c1-5-19(16-7-6-14(2)15(3)12-16)22-20(24)13-23(4)27(25,26)18-10-8-17(21)9-11-18/h6-12,19H,5,13H2,1-4H3,(H,22,24). The Morgan fingerprint density at radius 1 is 1.11 bits per heavy atom. The Bertz CT molecular complexity index is 911. The SMILES string of the molecule is CCC(NC(=O)CN(C)S(=O)(=O)c1ccc(Cl)cc1)c1ccc(C)c(C)c1. The molecule has 7 heteroatoms. The number of rotatable bonds is 7. The first-order valence-electron chi connectivity index (χ1n) is 8.73. The summed E-state index contributed by atoms with van der Waals surface area (Å²) in [5.41, 5.74) is 3.36. The summed E-state index contributed by atoms with van der Waals surface area (Å²) in [5.74, 6) is -0.347. The molecule has 1 N–H and O–H groups in total. The minimum atomic E-state index is -3.76. The zero-order valence-electron chi connectivity index (χ0n) is 16.0. The lowest BCUT2D eigenvalue weighted by atomic mass is 9.99. The minimum absolute atomic E-state index is 0.100. The summed E-state index contributed by atoms with van der Waals surface area (Å²) in [6, 6.07) is 11.8. The third-order valence-corrected chi connectivity index (χ3v) is 6.63. The Balaban J connectivity index is 2.08. The van der Waals surface area contributed by atoms with E-state index in [4.69, 9.17) is 11.6 Å². The number of carbonyl (C=O) groups is 1. The summed E-state index contributed by atoms with van der Waals surface area (Å²) < 4.78 is 26.2. The third-order valence-electron chi connectivity index (χ3n) is 4.56. The summed E-state index contributed by atoms with van der Waals surface area (Å²) in [6.07, 6.45) is 0.710. The molecule has 0 bridgehead atoms. The number of nitrogens with zero attached hydrogens (tertiary/aromatic N) is 1. The summed E-state index contributed by atoms with van der Waals surface area (Å²) in [5, 5.41) is 3.38. The molecule has 0 aliphatic rings. The second-order valence-corrected chi connectivity index (χ2v) is 9.07. The van der Waals surface area contributed by atoms with E-state index in [9.17, 15) is 13.2 Å². The Morgan fingerprint density at radius 3 is 2.30 bits per heavy atom. The van der Waals surface area contributed by atoms with E-state index in [-0.39, 0.29) is 23.4 Å². The number of hydrogen-bond donors (Lipinski definition) is 1. The van der Waals surface area contributed by atoms with Crippen molar-refractivity contribution in [2.75, 3.05) is 13.6 Å². The van der Waals surface area contributed by atoms with Crippen molar-refractivity contribution in [3.05, 3.63) is 64.2 Å². The van der Waals surface area contributed by atoms with Crippen LogP contribution in [0.5, 0.6) is 0 Å². The van der Waals surface area contributed by atoms with E-state index >= 15 is 0 Å². The predicted molar refractivity (Wildman–Crippen MR) is 108 cm³/mol. The molecule has 0 fully saturated rings. The zero-order valence-corrected chi connectivity index (χ0v) is 17.6. The molecule has 0 aromatic heterocycles. The molecule has 146 valence electrons. The molecular weight excluding hydrogens is 384 g/mol. The number of amides is 1. The predicted octanol–water partition coefficient (Wildman–Crippen LogP) is 3.84. The monoisotopic (exact) mass is 408 g/mol. The van der Waals surface area contributed by atoms with Gasteiger partial charge in [-0.25, -0.2) is 8.42 Å². The van der Waals surface area contributed by atoms with Crippen LogP contribution in [-0.4, -0.2) is 32.2 Å². The number of nitrogens with one attached hydrogen (secondary N) is 1. The summed E-state index contributed by atoms with van der Waals surface area (Å²) in [4.78, 5) is 12.5. The molecule has 2 aromatic carbocycles. The highest BCUT2D eigenvalue weighted by atomic mass is 35.5. The topological polar surface area (TPSA) is 66.5 Å². The van der Waals surface area contributed by atoms with Gasteiger partial charge >= 0.3 is 0 Å². The van der Waals surface area contributed by atoms with Gasteiger partial charge in [0.1, 0.15) is 0 Å². The van der Waals surface area contributed by atoms with Crippen molar-refractivity contribution in [2.24, 2.45) is 0 Å². The van der Waals surface area contributed by atoms with Crippen LogP contribution in [0.4, 0.5) is 0 Å². The molecule has 0 aliphatic carbocycles. The minimum Gasteiger partial charge on any atom is -0.348 e. The Morgan fingerprint density at radius 2 is 1.74 bits per heavy atom. The molecule has 1 unspecified atom stereocenters. The van der Waals surface area contributed by atoms with Crippen molar-refractivity contribution in [1.82, 2.24) is 9.62 Å². The maximum absolute atomic E-state index is 12.6. The van der Waals surface area contributed by atoms with Gasteiger partial charge in [-0.2, -0.15) is 4.31 Å². The van der Waals surface area contributed by atoms with Crippen molar-refractivity contribution >= 4 is 27.5 Å². The first-order valence-corrected chi connectivity index (χ1v) is 10.6. The molecule has 0 saturated carbocycles. The molecular formula is C20H25ClN2O3S. The van der Waals surface area contributed by atoms with Crippen LogP contribution < -0.4 is 5.32 Å². The van der Waals surface area contributed by atoms with Crippen molar-refractivity contribution in [3.8, 4) is 0 Å². The molecule has 0 heterocycles. The van der Waals surface area contributed by atoms with Crippen molar-refractivity contribution < 1.29 is 13.2 Å². The largest absolute Gasteiger partial charge is 0.348 e. The van der Waals surface area contributed by atoms with E-state index < -0.39 is 10.0 Å². The first kappa shape index (κ1) is 21.4. The Labute approximate surface area is 166 Å². The molecule has 0 spiro atoms. The fourth-order valence-electron chi connectivity index (χ4n) is 2.72. The lowest BCUT2D eigenvalue weighted by Gasteiger charge is -2.21. The van der Waals surface area contributed by atoms with Crippen molar-refractivity contribution in [2.45, 2.75) is 38.1 Å². The fraction of sp³-hybridized carbons (Fsp3) is 0.350. The van der Waals surface area contributed by atoms with Crippen molar-refractivity contribution in [1.29, 1.82) is 0 Å². The summed E-state index contributed by atoms with van der Waals surface area (Å²) in [6.45, 7) is 5.79. The van der Waals surface area contributed by atoms with E-state index in [1.807, 2.05) is 32.9 Å². The van der Waals surface area contributed by atoms with Gasteiger partial charge in [-0.1, -0.05) is 36.7 Å². The molecule has 27 heavy (non-hydrogen) atoms. The van der Waals surface area contributed by atoms with E-state index in [0.29, 0.717) is 11.4 Å². The third kappa shape index (κ3) is 5.31.